The summed E-state index contributed by atoms with van der Waals surface area (Å²) in [7, 11) is 1.52. The molecule has 126 valence electrons. The van der Waals surface area contributed by atoms with Gasteiger partial charge in [-0.25, -0.2) is 4.79 Å². The second kappa shape index (κ2) is 4.85. The summed E-state index contributed by atoms with van der Waals surface area (Å²) in [5.74, 6) is 0.728. The van der Waals surface area contributed by atoms with Crippen molar-refractivity contribution >= 4 is 11.7 Å². The van der Waals surface area contributed by atoms with Crippen molar-refractivity contribution in [1.82, 2.24) is 4.90 Å². The number of hydrogen-bond donors (Lipinski definition) is 1. The van der Waals surface area contributed by atoms with Gasteiger partial charge in [0, 0.05) is 17.4 Å². The lowest BCUT2D eigenvalue weighted by atomic mass is 9.57. The second-order valence-electron chi connectivity index (χ2n) is 7.62. The topological polar surface area (TPSA) is 41.6 Å². The van der Waals surface area contributed by atoms with E-state index in [-0.39, 0.29) is 11.4 Å². The highest BCUT2D eigenvalue weighted by Crippen LogP contribution is 2.62. The van der Waals surface area contributed by atoms with E-state index in [2.05, 4.69) is 41.4 Å². The molecule has 24 heavy (non-hydrogen) atoms. The fourth-order valence-electron chi connectivity index (χ4n) is 6.20. The molecule has 2 saturated heterocycles. The zero-order valence-corrected chi connectivity index (χ0v) is 14.3. The summed E-state index contributed by atoms with van der Waals surface area (Å²) in [6.45, 7) is 4.51. The maximum atomic E-state index is 12.8. The smallest absolute Gasteiger partial charge is 0.335 e. The molecule has 0 saturated carbocycles. The molecule has 1 aliphatic carbocycles. The zero-order valence-electron chi connectivity index (χ0n) is 14.3. The van der Waals surface area contributed by atoms with Crippen molar-refractivity contribution in [3.05, 3.63) is 41.1 Å². The van der Waals surface area contributed by atoms with E-state index in [0.717, 1.165) is 43.6 Å². The van der Waals surface area contributed by atoms with Crippen LogP contribution in [-0.2, 0) is 14.9 Å². The lowest BCUT2D eigenvalue weighted by molar-refractivity contribution is -0.138. The van der Waals surface area contributed by atoms with Gasteiger partial charge in [0.05, 0.1) is 18.1 Å². The number of ether oxygens (including phenoxy) is 1. The molecular formula is C20H24N2O2. The van der Waals surface area contributed by atoms with E-state index in [9.17, 15) is 4.79 Å². The number of methoxy groups -OCH3 is 1. The number of hydrogen-bond acceptors (Lipinski definition) is 4. The number of rotatable bonds is 2. The molecule has 4 atom stereocenters. The lowest BCUT2D eigenvalue weighted by Crippen LogP contribution is -2.58. The zero-order chi connectivity index (χ0) is 16.5. The maximum Gasteiger partial charge on any atom is 0.335 e. The van der Waals surface area contributed by atoms with Crippen LogP contribution in [0.5, 0.6) is 0 Å². The number of nitrogens with zero attached hydrogens (tertiary/aromatic N) is 1. The predicted octanol–water partition coefficient (Wildman–Crippen LogP) is 2.91. The minimum Gasteiger partial charge on any atom is -0.466 e. The van der Waals surface area contributed by atoms with Gasteiger partial charge >= 0.3 is 5.97 Å². The SMILES string of the molecule is CC[C@H]1[C@@H]2CCN3CCC4(C(=C2C(=O)OC)Nc2ccccc24)[C@H]13. The highest BCUT2D eigenvalue weighted by Gasteiger charge is 2.64. The molecule has 0 aromatic heterocycles. The molecular weight excluding hydrogens is 300 g/mol. The summed E-state index contributed by atoms with van der Waals surface area (Å²) in [5, 5.41) is 3.65. The normalized spacial score (nSPS) is 36.2. The molecule has 2 bridgehead atoms. The fourth-order valence-corrected chi connectivity index (χ4v) is 6.20. The monoisotopic (exact) mass is 324 g/mol. The molecule has 4 heteroatoms. The van der Waals surface area contributed by atoms with E-state index in [1.807, 2.05) is 0 Å². The van der Waals surface area contributed by atoms with Gasteiger partial charge in [-0.05, 0) is 49.4 Å². The van der Waals surface area contributed by atoms with Gasteiger partial charge in [0.1, 0.15) is 0 Å². The van der Waals surface area contributed by atoms with Crippen molar-refractivity contribution in [2.45, 2.75) is 37.6 Å². The first-order chi connectivity index (χ1) is 11.7. The first-order valence-electron chi connectivity index (χ1n) is 9.16. The van der Waals surface area contributed by atoms with E-state index in [4.69, 9.17) is 4.74 Å². The summed E-state index contributed by atoms with van der Waals surface area (Å²) in [6, 6.07) is 9.14. The molecule has 4 aliphatic rings. The quantitative estimate of drug-likeness (QED) is 0.850. The van der Waals surface area contributed by atoms with Crippen LogP contribution >= 0.6 is 0 Å². The van der Waals surface area contributed by atoms with Crippen LogP contribution in [0.4, 0.5) is 5.69 Å². The van der Waals surface area contributed by atoms with Gasteiger partial charge in [-0.3, -0.25) is 4.90 Å². The number of anilines is 1. The Hall–Kier alpha value is -1.81. The number of piperidine rings is 1. The van der Waals surface area contributed by atoms with Crippen molar-refractivity contribution < 1.29 is 9.53 Å². The molecule has 2 fully saturated rings. The number of para-hydroxylation sites is 1. The average molecular weight is 324 g/mol. The Labute approximate surface area is 142 Å². The summed E-state index contributed by atoms with van der Waals surface area (Å²) in [6.07, 6.45) is 3.28. The third-order valence-electron chi connectivity index (χ3n) is 6.97. The minimum absolute atomic E-state index is 0.0439. The van der Waals surface area contributed by atoms with Crippen LogP contribution in [0.15, 0.2) is 35.5 Å². The first kappa shape index (κ1) is 14.5. The predicted molar refractivity (Wildman–Crippen MR) is 92.7 cm³/mol. The third kappa shape index (κ3) is 1.51. The van der Waals surface area contributed by atoms with Crippen LogP contribution in [0.3, 0.4) is 0 Å². The van der Waals surface area contributed by atoms with E-state index in [0.29, 0.717) is 17.9 Å². The molecule has 3 heterocycles. The van der Waals surface area contributed by atoms with E-state index in [1.54, 1.807) is 0 Å². The Morgan fingerprint density at radius 2 is 2.21 bits per heavy atom. The van der Waals surface area contributed by atoms with Gasteiger partial charge in [0.2, 0.25) is 0 Å². The van der Waals surface area contributed by atoms with Crippen LogP contribution in [0.2, 0.25) is 0 Å². The van der Waals surface area contributed by atoms with Gasteiger partial charge < -0.3 is 10.1 Å². The number of fused-ring (bicyclic) bond motifs is 2. The first-order valence-corrected chi connectivity index (χ1v) is 9.16. The van der Waals surface area contributed by atoms with Gasteiger partial charge in [-0.1, -0.05) is 31.5 Å². The molecule has 5 rings (SSSR count). The standard InChI is InChI=1S/C20H24N2O2/c1-3-12-13-8-10-22-11-9-20(18(12)22)14-6-4-5-7-15(14)21-17(20)16(13)19(23)24-2/h4-7,12-13,18,21H,3,8-11H2,1-2H3/t12-,13-,18-,20?/m0/s1. The number of carbonyl (C=O) groups is 1. The van der Waals surface area contributed by atoms with Crippen molar-refractivity contribution in [3.8, 4) is 0 Å². The molecule has 1 N–H and O–H groups in total. The van der Waals surface area contributed by atoms with Crippen LogP contribution in [0, 0.1) is 11.8 Å². The van der Waals surface area contributed by atoms with Crippen LogP contribution in [0.25, 0.3) is 0 Å². The molecule has 1 unspecified atom stereocenters. The van der Waals surface area contributed by atoms with Gasteiger partial charge in [0.25, 0.3) is 0 Å². The third-order valence-corrected chi connectivity index (χ3v) is 6.97. The molecule has 0 amide bonds. The minimum atomic E-state index is -0.132. The lowest BCUT2D eigenvalue weighted by Gasteiger charge is -2.52. The number of nitrogens with one attached hydrogen (secondary N) is 1. The van der Waals surface area contributed by atoms with E-state index < -0.39 is 0 Å². The Kier molecular flexibility index (Phi) is 2.94. The molecule has 1 spiro atoms. The highest BCUT2D eigenvalue weighted by atomic mass is 16.5. The summed E-state index contributed by atoms with van der Waals surface area (Å²) in [4.78, 5) is 15.4. The molecule has 1 aromatic rings. The van der Waals surface area contributed by atoms with E-state index in [1.165, 1.54) is 18.4 Å². The average Bonchev–Trinajstić information content (AvgIpc) is 3.17. The maximum absolute atomic E-state index is 12.8. The molecule has 0 radical (unpaired) electrons. The summed E-state index contributed by atoms with van der Waals surface area (Å²) < 4.78 is 5.23. The number of esters is 1. The Balaban J connectivity index is 1.83. The van der Waals surface area contributed by atoms with Crippen LogP contribution in [0.1, 0.15) is 31.7 Å². The fraction of sp³-hybridized carbons (Fsp3) is 0.550. The largest absolute Gasteiger partial charge is 0.466 e. The Bertz CT molecular complexity index is 756. The number of benzene rings is 1. The van der Waals surface area contributed by atoms with Crippen molar-refractivity contribution in [2.24, 2.45) is 11.8 Å². The molecule has 4 nitrogen and oxygen atoms in total. The van der Waals surface area contributed by atoms with Crippen molar-refractivity contribution in [2.75, 3.05) is 25.5 Å². The Morgan fingerprint density at radius 3 is 3.00 bits per heavy atom. The van der Waals surface area contributed by atoms with E-state index >= 15 is 0 Å². The van der Waals surface area contributed by atoms with Gasteiger partial charge in [-0.15, -0.1) is 0 Å². The van der Waals surface area contributed by atoms with Crippen LogP contribution < -0.4 is 5.32 Å². The van der Waals surface area contributed by atoms with Gasteiger partial charge in [-0.2, -0.15) is 0 Å². The highest BCUT2D eigenvalue weighted by molar-refractivity contribution is 5.93. The van der Waals surface area contributed by atoms with Gasteiger partial charge in [0.15, 0.2) is 0 Å². The van der Waals surface area contributed by atoms with Crippen LogP contribution in [-0.4, -0.2) is 37.1 Å². The van der Waals surface area contributed by atoms with Crippen molar-refractivity contribution in [3.63, 3.8) is 0 Å². The number of carbonyl (C=O) groups excluding carboxylic acids is 1. The van der Waals surface area contributed by atoms with Crippen molar-refractivity contribution in [1.29, 1.82) is 0 Å². The molecule has 1 aromatic carbocycles. The molecule has 3 aliphatic heterocycles. The summed E-state index contributed by atoms with van der Waals surface area (Å²) >= 11 is 0. The Morgan fingerprint density at radius 1 is 1.38 bits per heavy atom. The summed E-state index contributed by atoms with van der Waals surface area (Å²) in [5.41, 5.74) is 4.60. The second-order valence-corrected chi connectivity index (χ2v) is 7.62.